The van der Waals surface area contributed by atoms with E-state index in [0.29, 0.717) is 12.8 Å². The Morgan fingerprint density at radius 3 is 2.53 bits per heavy atom. The summed E-state index contributed by atoms with van der Waals surface area (Å²) < 4.78 is 0. The highest BCUT2D eigenvalue weighted by Gasteiger charge is 2.19. The van der Waals surface area contributed by atoms with Crippen LogP contribution in [0.5, 0.6) is 0 Å². The zero-order valence-electron chi connectivity index (χ0n) is 10.1. The van der Waals surface area contributed by atoms with Crippen molar-refractivity contribution in [2.24, 2.45) is 0 Å². The molecule has 1 saturated heterocycles. The maximum Gasteiger partial charge on any atom is 0.223 e. The standard InChI is InChI=1S/C13H17NO2S/c1-10-4-6-12(17-10)11(15)5-7-13(16)14-8-2-3-9-14/h4,6H,2-3,5,7-9H2,1H3. The van der Waals surface area contributed by atoms with Crippen molar-refractivity contribution in [2.45, 2.75) is 32.6 Å². The van der Waals surface area contributed by atoms with E-state index in [1.54, 1.807) is 0 Å². The van der Waals surface area contributed by atoms with Crippen LogP contribution in [-0.4, -0.2) is 29.7 Å². The van der Waals surface area contributed by atoms with Gasteiger partial charge in [-0.25, -0.2) is 0 Å². The maximum absolute atomic E-state index is 11.8. The van der Waals surface area contributed by atoms with E-state index in [1.807, 2.05) is 24.0 Å². The second-order valence-corrected chi connectivity index (χ2v) is 5.71. The molecule has 0 aromatic carbocycles. The largest absolute Gasteiger partial charge is 0.343 e. The van der Waals surface area contributed by atoms with Crippen LogP contribution in [0, 0.1) is 6.92 Å². The van der Waals surface area contributed by atoms with E-state index in [0.717, 1.165) is 35.7 Å². The number of hydrogen-bond acceptors (Lipinski definition) is 3. The second kappa shape index (κ2) is 5.45. The van der Waals surface area contributed by atoms with Crippen molar-refractivity contribution < 1.29 is 9.59 Å². The fraction of sp³-hybridized carbons (Fsp3) is 0.538. The molecule has 0 bridgehead atoms. The first-order chi connectivity index (χ1) is 8.16. The Balaban J connectivity index is 1.81. The minimum Gasteiger partial charge on any atom is -0.343 e. The average Bonchev–Trinajstić information content (AvgIpc) is 2.95. The predicted molar refractivity (Wildman–Crippen MR) is 68.4 cm³/mol. The highest BCUT2D eigenvalue weighted by molar-refractivity contribution is 7.14. The number of ketones is 1. The third-order valence-corrected chi connectivity index (χ3v) is 4.08. The van der Waals surface area contributed by atoms with E-state index >= 15 is 0 Å². The van der Waals surface area contributed by atoms with Crippen molar-refractivity contribution in [1.82, 2.24) is 4.90 Å². The molecule has 1 aliphatic rings. The van der Waals surface area contributed by atoms with Gasteiger partial charge < -0.3 is 4.90 Å². The molecule has 0 aliphatic carbocycles. The van der Waals surface area contributed by atoms with E-state index < -0.39 is 0 Å². The van der Waals surface area contributed by atoms with Gasteiger partial charge in [-0.1, -0.05) is 0 Å². The molecular formula is C13H17NO2S. The number of hydrogen-bond donors (Lipinski definition) is 0. The van der Waals surface area contributed by atoms with Crippen LogP contribution in [0.4, 0.5) is 0 Å². The third-order valence-electron chi connectivity index (χ3n) is 3.04. The third kappa shape index (κ3) is 3.16. The van der Waals surface area contributed by atoms with Gasteiger partial charge in [0.25, 0.3) is 0 Å². The molecule has 1 aromatic heterocycles. The Morgan fingerprint density at radius 2 is 1.94 bits per heavy atom. The molecule has 2 rings (SSSR count). The molecule has 3 nitrogen and oxygen atoms in total. The number of rotatable bonds is 4. The maximum atomic E-state index is 11.8. The molecular weight excluding hydrogens is 234 g/mol. The van der Waals surface area contributed by atoms with Crippen LogP contribution in [0.2, 0.25) is 0 Å². The normalized spacial score (nSPS) is 15.2. The summed E-state index contributed by atoms with van der Waals surface area (Å²) in [5, 5.41) is 0. The Bertz CT molecular complexity index is 419. The van der Waals surface area contributed by atoms with Crippen LogP contribution >= 0.6 is 11.3 Å². The number of nitrogens with zero attached hydrogens (tertiary/aromatic N) is 1. The van der Waals surface area contributed by atoms with Gasteiger partial charge in [0.05, 0.1) is 4.88 Å². The van der Waals surface area contributed by atoms with Crippen LogP contribution in [0.3, 0.4) is 0 Å². The SMILES string of the molecule is Cc1ccc(C(=O)CCC(=O)N2CCCC2)s1. The number of aryl methyl sites for hydroxylation is 1. The number of amides is 1. The number of thiophene rings is 1. The van der Waals surface area contributed by atoms with E-state index in [-0.39, 0.29) is 11.7 Å². The van der Waals surface area contributed by atoms with Crippen molar-refractivity contribution in [3.8, 4) is 0 Å². The van der Waals surface area contributed by atoms with Crippen LogP contribution in [0.15, 0.2) is 12.1 Å². The fourth-order valence-corrected chi connectivity index (χ4v) is 2.89. The van der Waals surface area contributed by atoms with Crippen LogP contribution < -0.4 is 0 Å². The average molecular weight is 251 g/mol. The molecule has 17 heavy (non-hydrogen) atoms. The van der Waals surface area contributed by atoms with Crippen molar-refractivity contribution in [2.75, 3.05) is 13.1 Å². The quantitative estimate of drug-likeness (QED) is 0.771. The molecule has 1 aromatic rings. The lowest BCUT2D eigenvalue weighted by Gasteiger charge is -2.14. The number of carbonyl (C=O) groups excluding carboxylic acids is 2. The van der Waals surface area contributed by atoms with Gasteiger partial charge in [0.15, 0.2) is 5.78 Å². The van der Waals surface area contributed by atoms with Gasteiger partial charge in [-0.15, -0.1) is 11.3 Å². The van der Waals surface area contributed by atoms with Gasteiger partial charge in [0.1, 0.15) is 0 Å². The fourth-order valence-electron chi connectivity index (χ4n) is 2.05. The summed E-state index contributed by atoms with van der Waals surface area (Å²) >= 11 is 1.51. The van der Waals surface area contributed by atoms with E-state index in [2.05, 4.69) is 0 Å². The Morgan fingerprint density at radius 1 is 1.24 bits per heavy atom. The highest BCUT2D eigenvalue weighted by Crippen LogP contribution is 2.18. The van der Waals surface area contributed by atoms with E-state index in [4.69, 9.17) is 0 Å². The van der Waals surface area contributed by atoms with Gasteiger partial charge in [-0.3, -0.25) is 9.59 Å². The predicted octanol–water partition coefficient (Wildman–Crippen LogP) is 2.64. The summed E-state index contributed by atoms with van der Waals surface area (Å²) in [6.07, 6.45) is 2.90. The lowest BCUT2D eigenvalue weighted by molar-refractivity contribution is -0.130. The van der Waals surface area contributed by atoms with Crippen molar-refractivity contribution in [1.29, 1.82) is 0 Å². The first-order valence-electron chi connectivity index (χ1n) is 6.04. The molecule has 0 radical (unpaired) electrons. The lowest BCUT2D eigenvalue weighted by Crippen LogP contribution is -2.27. The molecule has 2 heterocycles. The van der Waals surface area contributed by atoms with Crippen LogP contribution in [0.1, 0.15) is 40.2 Å². The number of Topliss-reactive ketones (excluding diaryl/α,β-unsaturated/α-hetero) is 1. The van der Waals surface area contributed by atoms with Gasteiger partial charge in [0, 0.05) is 30.8 Å². The second-order valence-electron chi connectivity index (χ2n) is 4.42. The summed E-state index contributed by atoms with van der Waals surface area (Å²) in [5.41, 5.74) is 0. The van der Waals surface area contributed by atoms with Gasteiger partial charge in [0.2, 0.25) is 5.91 Å². The van der Waals surface area contributed by atoms with Gasteiger partial charge in [-0.2, -0.15) is 0 Å². The van der Waals surface area contributed by atoms with E-state index in [1.165, 1.54) is 11.3 Å². The van der Waals surface area contributed by atoms with Crippen LogP contribution in [0.25, 0.3) is 0 Å². The molecule has 1 amide bonds. The molecule has 4 heteroatoms. The molecule has 0 spiro atoms. The molecule has 0 saturated carbocycles. The molecule has 92 valence electrons. The summed E-state index contributed by atoms with van der Waals surface area (Å²) in [7, 11) is 0. The first-order valence-corrected chi connectivity index (χ1v) is 6.86. The summed E-state index contributed by atoms with van der Waals surface area (Å²) in [6, 6.07) is 3.79. The minimum absolute atomic E-state index is 0.0932. The topological polar surface area (TPSA) is 37.4 Å². The molecule has 0 atom stereocenters. The number of likely N-dealkylation sites (tertiary alicyclic amines) is 1. The molecule has 0 N–H and O–H groups in total. The number of carbonyl (C=O) groups is 2. The zero-order valence-corrected chi connectivity index (χ0v) is 10.9. The lowest BCUT2D eigenvalue weighted by atomic mass is 10.2. The zero-order chi connectivity index (χ0) is 12.3. The minimum atomic E-state index is 0.0932. The monoisotopic (exact) mass is 251 g/mol. The Labute approximate surface area is 105 Å². The van der Waals surface area contributed by atoms with Crippen LogP contribution in [-0.2, 0) is 4.79 Å². The Kier molecular flexibility index (Phi) is 3.94. The van der Waals surface area contributed by atoms with Crippen molar-refractivity contribution >= 4 is 23.0 Å². The summed E-state index contributed by atoms with van der Waals surface area (Å²) in [6.45, 7) is 3.72. The summed E-state index contributed by atoms with van der Waals surface area (Å²) in [4.78, 5) is 27.4. The molecule has 0 unspecified atom stereocenters. The molecule has 1 aliphatic heterocycles. The van der Waals surface area contributed by atoms with Crippen molar-refractivity contribution in [3.05, 3.63) is 21.9 Å². The smallest absolute Gasteiger partial charge is 0.223 e. The Hall–Kier alpha value is -1.16. The van der Waals surface area contributed by atoms with E-state index in [9.17, 15) is 9.59 Å². The van der Waals surface area contributed by atoms with Gasteiger partial charge >= 0.3 is 0 Å². The van der Waals surface area contributed by atoms with Gasteiger partial charge in [-0.05, 0) is 31.9 Å². The first kappa shape index (κ1) is 12.3. The molecule has 1 fully saturated rings. The van der Waals surface area contributed by atoms with Crippen molar-refractivity contribution in [3.63, 3.8) is 0 Å². The summed E-state index contributed by atoms with van der Waals surface area (Å²) in [5.74, 6) is 0.222. The highest BCUT2D eigenvalue weighted by atomic mass is 32.1.